The minimum atomic E-state index is -1.08. The van der Waals surface area contributed by atoms with Gasteiger partial charge in [0.05, 0.1) is 4.92 Å². The van der Waals surface area contributed by atoms with Gasteiger partial charge in [0.1, 0.15) is 17.3 Å². The third-order valence-corrected chi connectivity index (χ3v) is 4.19. The molecule has 0 aliphatic heterocycles. The molecule has 1 aromatic heterocycles. The number of ether oxygens (including phenoxy) is 1. The van der Waals surface area contributed by atoms with Crippen LogP contribution >= 0.6 is 0 Å². The molecule has 0 saturated carbocycles. The zero-order chi connectivity index (χ0) is 21.7. The van der Waals surface area contributed by atoms with Gasteiger partial charge in [0.25, 0.3) is 5.69 Å². The number of nitrogens with zero attached hydrogens (tertiary/aromatic N) is 1. The molecule has 2 aromatic carbocycles. The largest absolute Gasteiger partial charge is 0.479 e. The van der Waals surface area contributed by atoms with E-state index in [1.807, 2.05) is 0 Å². The Morgan fingerprint density at radius 3 is 2.33 bits per heavy atom. The summed E-state index contributed by atoms with van der Waals surface area (Å²) in [5, 5.41) is 19.6. The van der Waals surface area contributed by atoms with Crippen LogP contribution in [0, 0.1) is 10.1 Å². The summed E-state index contributed by atoms with van der Waals surface area (Å²) in [4.78, 5) is 33.4. The Labute approximate surface area is 171 Å². The molecule has 0 spiro atoms. The molecule has 1 atom stereocenters. The molecule has 1 heterocycles. The molecule has 1 N–H and O–H groups in total. The van der Waals surface area contributed by atoms with E-state index in [2.05, 4.69) is 0 Å². The Bertz CT molecular complexity index is 1100. The maximum Gasteiger partial charge on any atom is 0.344 e. The lowest BCUT2D eigenvalue weighted by Gasteiger charge is -2.10. The van der Waals surface area contributed by atoms with Gasteiger partial charge in [-0.3, -0.25) is 14.9 Å². The average Bonchev–Trinajstić information content (AvgIpc) is 3.21. The van der Waals surface area contributed by atoms with Crippen LogP contribution in [-0.4, -0.2) is 27.9 Å². The van der Waals surface area contributed by atoms with Crippen LogP contribution in [0.15, 0.2) is 71.2 Å². The highest BCUT2D eigenvalue weighted by Crippen LogP contribution is 2.25. The van der Waals surface area contributed by atoms with Crippen molar-refractivity contribution in [1.29, 1.82) is 0 Å². The highest BCUT2D eigenvalue weighted by molar-refractivity contribution is 6.06. The zero-order valence-electron chi connectivity index (χ0n) is 15.8. The van der Waals surface area contributed by atoms with Gasteiger partial charge in [0.2, 0.25) is 0 Å². The third-order valence-electron chi connectivity index (χ3n) is 4.19. The molecule has 0 aliphatic carbocycles. The molecule has 0 amide bonds. The van der Waals surface area contributed by atoms with Crippen LogP contribution in [0.2, 0.25) is 0 Å². The van der Waals surface area contributed by atoms with Crippen molar-refractivity contribution in [3.05, 3.63) is 88.2 Å². The quantitative estimate of drug-likeness (QED) is 0.251. The van der Waals surface area contributed by atoms with Crippen molar-refractivity contribution >= 4 is 23.5 Å². The number of hydrogen-bond donors (Lipinski definition) is 1. The predicted octanol–water partition coefficient (Wildman–Crippen LogP) is 4.60. The number of non-ortho nitro benzene ring substituents is 1. The van der Waals surface area contributed by atoms with Crippen molar-refractivity contribution in [2.45, 2.75) is 13.0 Å². The second kappa shape index (κ2) is 8.87. The van der Waals surface area contributed by atoms with Crippen LogP contribution < -0.4 is 4.74 Å². The maximum absolute atomic E-state index is 12.3. The molecule has 0 radical (unpaired) electrons. The number of carbonyl (C=O) groups is 2. The molecule has 0 saturated heterocycles. The van der Waals surface area contributed by atoms with Crippen LogP contribution in [0.3, 0.4) is 0 Å². The van der Waals surface area contributed by atoms with E-state index in [1.165, 1.54) is 43.3 Å². The van der Waals surface area contributed by atoms with E-state index in [1.54, 1.807) is 36.4 Å². The summed E-state index contributed by atoms with van der Waals surface area (Å²) in [5.74, 6) is -0.0204. The Kier molecular flexibility index (Phi) is 6.07. The van der Waals surface area contributed by atoms with Gasteiger partial charge in [0.15, 0.2) is 11.9 Å². The van der Waals surface area contributed by atoms with E-state index in [4.69, 9.17) is 14.3 Å². The lowest BCUT2D eigenvalue weighted by atomic mass is 10.1. The number of nitro benzene ring substituents is 1. The number of carboxylic acid groups (broad SMARTS) is 1. The van der Waals surface area contributed by atoms with Crippen LogP contribution in [0.1, 0.15) is 23.0 Å². The first-order valence-corrected chi connectivity index (χ1v) is 8.90. The van der Waals surface area contributed by atoms with Gasteiger partial charge in [-0.1, -0.05) is 0 Å². The van der Waals surface area contributed by atoms with Crippen molar-refractivity contribution in [3.63, 3.8) is 0 Å². The first-order valence-electron chi connectivity index (χ1n) is 8.90. The monoisotopic (exact) mass is 407 g/mol. The van der Waals surface area contributed by atoms with Crippen LogP contribution in [-0.2, 0) is 4.79 Å². The van der Waals surface area contributed by atoms with E-state index in [0.717, 1.165) is 0 Å². The van der Waals surface area contributed by atoms with Gasteiger partial charge in [-0.25, -0.2) is 4.79 Å². The summed E-state index contributed by atoms with van der Waals surface area (Å²) in [5.41, 5.74) is 1.08. The lowest BCUT2D eigenvalue weighted by molar-refractivity contribution is -0.384. The number of aliphatic carboxylic acids is 1. The highest BCUT2D eigenvalue weighted by atomic mass is 16.6. The molecule has 152 valence electrons. The maximum atomic E-state index is 12.3. The molecule has 3 rings (SSSR count). The van der Waals surface area contributed by atoms with Crippen LogP contribution in [0.4, 0.5) is 5.69 Å². The first kappa shape index (κ1) is 20.5. The molecule has 1 unspecified atom stereocenters. The number of ketones is 1. The Balaban J connectivity index is 1.65. The van der Waals surface area contributed by atoms with Crippen LogP contribution in [0.5, 0.6) is 5.75 Å². The Morgan fingerprint density at radius 1 is 1.07 bits per heavy atom. The Hall–Kier alpha value is -4.20. The van der Waals surface area contributed by atoms with Gasteiger partial charge in [-0.2, -0.15) is 0 Å². The molecule has 3 aromatic rings. The number of carbonyl (C=O) groups excluding carboxylic acids is 1. The molecule has 8 nitrogen and oxygen atoms in total. The van der Waals surface area contributed by atoms with Gasteiger partial charge in [-0.05, 0) is 67.6 Å². The zero-order valence-corrected chi connectivity index (χ0v) is 15.8. The fraction of sp³-hybridized carbons (Fsp3) is 0.0909. The summed E-state index contributed by atoms with van der Waals surface area (Å²) in [6.07, 6.45) is 1.89. The van der Waals surface area contributed by atoms with E-state index >= 15 is 0 Å². The molecule has 30 heavy (non-hydrogen) atoms. The number of nitro groups is 1. The smallest absolute Gasteiger partial charge is 0.344 e. The summed E-state index contributed by atoms with van der Waals surface area (Å²) in [7, 11) is 0. The van der Waals surface area contributed by atoms with Gasteiger partial charge in [0, 0.05) is 23.3 Å². The second-order valence-electron chi connectivity index (χ2n) is 6.33. The Morgan fingerprint density at radius 2 is 1.73 bits per heavy atom. The van der Waals surface area contributed by atoms with E-state index in [-0.39, 0.29) is 11.5 Å². The summed E-state index contributed by atoms with van der Waals surface area (Å²) in [6, 6.07) is 15.5. The van der Waals surface area contributed by atoms with Gasteiger partial charge >= 0.3 is 5.97 Å². The second-order valence-corrected chi connectivity index (χ2v) is 6.33. The molecule has 0 aliphatic rings. The average molecular weight is 407 g/mol. The van der Waals surface area contributed by atoms with Crippen molar-refractivity contribution in [2.75, 3.05) is 0 Å². The summed E-state index contributed by atoms with van der Waals surface area (Å²) >= 11 is 0. The lowest BCUT2D eigenvalue weighted by Crippen LogP contribution is -2.22. The van der Waals surface area contributed by atoms with Gasteiger partial charge in [-0.15, -0.1) is 0 Å². The van der Waals surface area contributed by atoms with E-state index in [0.29, 0.717) is 28.4 Å². The van der Waals surface area contributed by atoms with E-state index < -0.39 is 17.0 Å². The number of furan rings is 1. The summed E-state index contributed by atoms with van der Waals surface area (Å²) in [6.45, 7) is 1.42. The van der Waals surface area contributed by atoms with Crippen LogP contribution in [0.25, 0.3) is 17.4 Å². The minimum Gasteiger partial charge on any atom is -0.479 e. The topological polar surface area (TPSA) is 120 Å². The fourth-order valence-electron chi connectivity index (χ4n) is 2.55. The SMILES string of the molecule is CC(Oc1ccc(C(=O)/C=C/c2ccc(-c3ccc([N+](=O)[O-])cc3)o2)cc1)C(=O)O. The number of hydrogen-bond acceptors (Lipinski definition) is 6. The number of carboxylic acids is 1. The van der Waals surface area contributed by atoms with Gasteiger partial charge < -0.3 is 14.3 Å². The predicted molar refractivity (Wildman–Crippen MR) is 108 cm³/mol. The van der Waals surface area contributed by atoms with E-state index in [9.17, 15) is 19.7 Å². The molecule has 0 bridgehead atoms. The third kappa shape index (κ3) is 4.99. The van der Waals surface area contributed by atoms with Crippen molar-refractivity contribution in [1.82, 2.24) is 0 Å². The number of benzene rings is 2. The van der Waals surface area contributed by atoms with Crippen molar-refractivity contribution in [3.8, 4) is 17.1 Å². The van der Waals surface area contributed by atoms with Crippen molar-refractivity contribution in [2.24, 2.45) is 0 Å². The molecular formula is C22H17NO7. The highest BCUT2D eigenvalue weighted by Gasteiger charge is 2.13. The molecule has 8 heteroatoms. The normalized spacial score (nSPS) is 11.9. The molecule has 0 fully saturated rings. The number of rotatable bonds is 8. The standard InChI is InChI=1S/C22H17NO7/c1-14(22(25)26)29-18-8-4-15(5-9-18)20(24)12-10-19-11-13-21(30-19)16-2-6-17(7-3-16)23(27)28/h2-14H,1H3,(H,25,26)/b12-10+. The van der Waals surface area contributed by atoms with Crippen molar-refractivity contribution < 1.29 is 28.8 Å². The molecular weight excluding hydrogens is 390 g/mol. The fourth-order valence-corrected chi connectivity index (χ4v) is 2.55. The minimum absolute atomic E-state index is 0.00939. The number of allylic oxidation sites excluding steroid dienone is 1. The first-order chi connectivity index (χ1) is 14.3. The summed E-state index contributed by atoms with van der Waals surface area (Å²) < 4.78 is 10.9.